The Morgan fingerprint density at radius 3 is 2.52 bits per heavy atom. The molecule has 132 valence electrons. The molecule has 1 amide bonds. The summed E-state index contributed by atoms with van der Waals surface area (Å²) in [6, 6.07) is 14.2. The third kappa shape index (κ3) is 5.32. The van der Waals surface area contributed by atoms with Crippen LogP contribution in [0.15, 0.2) is 53.0 Å². The number of hydrogen-bond donors (Lipinski definition) is 1. The molecule has 0 fully saturated rings. The Kier molecular flexibility index (Phi) is 7.01. The molecule has 0 aromatic heterocycles. The molecule has 0 spiro atoms. The Morgan fingerprint density at radius 2 is 1.80 bits per heavy atom. The van der Waals surface area contributed by atoms with Crippen molar-refractivity contribution in [3.05, 3.63) is 64.1 Å². The van der Waals surface area contributed by atoms with E-state index in [1.165, 1.54) is 0 Å². The highest BCUT2D eigenvalue weighted by Gasteiger charge is 2.16. The van der Waals surface area contributed by atoms with Crippen molar-refractivity contribution in [1.82, 2.24) is 5.32 Å². The molecular weight excluding hydrogens is 386 g/mol. The first-order valence-corrected chi connectivity index (χ1v) is 8.75. The van der Waals surface area contributed by atoms with E-state index in [4.69, 9.17) is 9.47 Å². The second-order valence-corrected chi connectivity index (χ2v) is 6.17. The van der Waals surface area contributed by atoms with Crippen LogP contribution in [0.1, 0.15) is 35.8 Å². The van der Waals surface area contributed by atoms with E-state index in [1.54, 1.807) is 31.2 Å². The number of amides is 1. The van der Waals surface area contributed by atoms with Gasteiger partial charge in [-0.1, -0.05) is 46.3 Å². The highest BCUT2D eigenvalue weighted by atomic mass is 79.9. The SMILES string of the molecule is CCOC(=O)c1ccccc1OCC(=O)N[C@@H](C)c1ccccc1Br. The Bertz CT molecular complexity index is 748. The lowest BCUT2D eigenvalue weighted by atomic mass is 10.1. The molecule has 2 aromatic rings. The van der Waals surface area contributed by atoms with Crippen LogP contribution < -0.4 is 10.1 Å². The Balaban J connectivity index is 1.97. The van der Waals surface area contributed by atoms with E-state index in [1.807, 2.05) is 31.2 Å². The lowest BCUT2D eigenvalue weighted by Crippen LogP contribution is -2.31. The lowest BCUT2D eigenvalue weighted by molar-refractivity contribution is -0.123. The Labute approximate surface area is 155 Å². The summed E-state index contributed by atoms with van der Waals surface area (Å²) in [4.78, 5) is 24.1. The van der Waals surface area contributed by atoms with Crippen molar-refractivity contribution in [1.29, 1.82) is 0 Å². The van der Waals surface area contributed by atoms with Crippen molar-refractivity contribution in [2.75, 3.05) is 13.2 Å². The minimum atomic E-state index is -0.472. The number of ether oxygens (including phenoxy) is 2. The highest BCUT2D eigenvalue weighted by molar-refractivity contribution is 9.10. The zero-order valence-electron chi connectivity index (χ0n) is 14.1. The van der Waals surface area contributed by atoms with Crippen LogP contribution in [0, 0.1) is 0 Å². The topological polar surface area (TPSA) is 64.6 Å². The molecule has 5 nitrogen and oxygen atoms in total. The molecule has 0 saturated heterocycles. The van der Waals surface area contributed by atoms with Crippen LogP contribution in [0.5, 0.6) is 5.75 Å². The first-order chi connectivity index (χ1) is 12.0. The molecule has 0 radical (unpaired) electrons. The predicted molar refractivity (Wildman–Crippen MR) is 98.6 cm³/mol. The van der Waals surface area contributed by atoms with E-state index in [0.29, 0.717) is 11.3 Å². The van der Waals surface area contributed by atoms with Gasteiger partial charge in [-0.05, 0) is 37.6 Å². The van der Waals surface area contributed by atoms with Crippen LogP contribution in [-0.4, -0.2) is 25.1 Å². The van der Waals surface area contributed by atoms with Gasteiger partial charge in [-0.3, -0.25) is 4.79 Å². The number of carbonyl (C=O) groups excluding carboxylic acids is 2. The van der Waals surface area contributed by atoms with E-state index in [0.717, 1.165) is 10.0 Å². The third-order valence-corrected chi connectivity index (χ3v) is 4.21. The standard InChI is InChI=1S/C19H20BrNO4/c1-3-24-19(23)15-9-5-7-11-17(15)25-12-18(22)21-13(2)14-8-4-6-10-16(14)20/h4-11,13H,3,12H2,1-2H3,(H,21,22)/t13-/m0/s1. The largest absolute Gasteiger partial charge is 0.483 e. The maximum absolute atomic E-state index is 12.2. The molecule has 25 heavy (non-hydrogen) atoms. The molecule has 1 N–H and O–H groups in total. The third-order valence-electron chi connectivity index (χ3n) is 3.49. The molecule has 0 unspecified atom stereocenters. The zero-order chi connectivity index (χ0) is 18.2. The fourth-order valence-electron chi connectivity index (χ4n) is 2.30. The van der Waals surface area contributed by atoms with Gasteiger partial charge in [0, 0.05) is 4.47 Å². The second kappa shape index (κ2) is 9.22. The maximum atomic E-state index is 12.2. The fourth-order valence-corrected chi connectivity index (χ4v) is 2.93. The quantitative estimate of drug-likeness (QED) is 0.709. The van der Waals surface area contributed by atoms with Gasteiger partial charge >= 0.3 is 5.97 Å². The summed E-state index contributed by atoms with van der Waals surface area (Å²) in [6.45, 7) is 3.71. The summed E-state index contributed by atoms with van der Waals surface area (Å²) >= 11 is 3.47. The van der Waals surface area contributed by atoms with E-state index in [9.17, 15) is 9.59 Å². The van der Waals surface area contributed by atoms with Gasteiger partial charge in [0.2, 0.25) is 0 Å². The van der Waals surface area contributed by atoms with Crippen LogP contribution in [0.4, 0.5) is 0 Å². The van der Waals surface area contributed by atoms with Crippen molar-refractivity contribution in [2.24, 2.45) is 0 Å². The van der Waals surface area contributed by atoms with Crippen molar-refractivity contribution < 1.29 is 19.1 Å². The molecule has 0 bridgehead atoms. The van der Waals surface area contributed by atoms with Gasteiger partial charge in [-0.2, -0.15) is 0 Å². The Morgan fingerprint density at radius 1 is 1.12 bits per heavy atom. The van der Waals surface area contributed by atoms with Crippen LogP contribution in [0.2, 0.25) is 0 Å². The molecule has 0 saturated carbocycles. The minimum absolute atomic E-state index is 0.174. The van der Waals surface area contributed by atoms with Gasteiger partial charge in [-0.15, -0.1) is 0 Å². The molecule has 0 aliphatic carbocycles. The van der Waals surface area contributed by atoms with E-state index < -0.39 is 5.97 Å². The van der Waals surface area contributed by atoms with Crippen molar-refractivity contribution >= 4 is 27.8 Å². The first-order valence-electron chi connectivity index (χ1n) is 7.95. The van der Waals surface area contributed by atoms with Gasteiger partial charge in [0.1, 0.15) is 11.3 Å². The zero-order valence-corrected chi connectivity index (χ0v) is 15.7. The van der Waals surface area contributed by atoms with Crippen LogP contribution in [0.25, 0.3) is 0 Å². The van der Waals surface area contributed by atoms with Crippen LogP contribution in [0.3, 0.4) is 0 Å². The van der Waals surface area contributed by atoms with E-state index in [-0.39, 0.29) is 25.2 Å². The molecule has 6 heteroatoms. The minimum Gasteiger partial charge on any atom is -0.483 e. The lowest BCUT2D eigenvalue weighted by Gasteiger charge is -2.16. The van der Waals surface area contributed by atoms with Crippen LogP contribution >= 0.6 is 15.9 Å². The van der Waals surface area contributed by atoms with Gasteiger partial charge < -0.3 is 14.8 Å². The second-order valence-electron chi connectivity index (χ2n) is 5.32. The highest BCUT2D eigenvalue weighted by Crippen LogP contribution is 2.23. The van der Waals surface area contributed by atoms with Gasteiger partial charge in [0.25, 0.3) is 5.91 Å². The maximum Gasteiger partial charge on any atom is 0.341 e. The fraction of sp³-hybridized carbons (Fsp3) is 0.263. The smallest absolute Gasteiger partial charge is 0.341 e. The number of para-hydroxylation sites is 1. The molecule has 1 atom stereocenters. The van der Waals surface area contributed by atoms with Gasteiger partial charge in [0.15, 0.2) is 6.61 Å². The average Bonchev–Trinajstić information content (AvgIpc) is 2.60. The van der Waals surface area contributed by atoms with E-state index >= 15 is 0 Å². The summed E-state index contributed by atoms with van der Waals surface area (Å²) in [7, 11) is 0. The number of esters is 1. The Hall–Kier alpha value is -2.34. The summed E-state index contributed by atoms with van der Waals surface area (Å²) in [5.74, 6) is -0.424. The first kappa shape index (κ1) is 19.0. The summed E-state index contributed by atoms with van der Waals surface area (Å²) in [6.07, 6.45) is 0. The van der Waals surface area contributed by atoms with Crippen molar-refractivity contribution in [2.45, 2.75) is 19.9 Å². The van der Waals surface area contributed by atoms with Gasteiger partial charge in [-0.25, -0.2) is 4.79 Å². The normalized spacial score (nSPS) is 11.5. The number of carbonyl (C=O) groups is 2. The molecule has 2 aromatic carbocycles. The monoisotopic (exact) mass is 405 g/mol. The number of benzene rings is 2. The van der Waals surface area contributed by atoms with Crippen molar-refractivity contribution in [3.63, 3.8) is 0 Å². The molecule has 2 rings (SSSR count). The number of rotatable bonds is 7. The number of halogens is 1. The number of nitrogens with one attached hydrogen (secondary N) is 1. The molecule has 0 aliphatic heterocycles. The predicted octanol–water partition coefficient (Wildman–Crippen LogP) is 3.88. The van der Waals surface area contributed by atoms with Crippen LogP contribution in [-0.2, 0) is 9.53 Å². The summed E-state index contributed by atoms with van der Waals surface area (Å²) < 4.78 is 11.4. The van der Waals surface area contributed by atoms with Gasteiger partial charge in [0.05, 0.1) is 12.6 Å². The van der Waals surface area contributed by atoms with E-state index in [2.05, 4.69) is 21.2 Å². The summed E-state index contributed by atoms with van der Waals surface area (Å²) in [5.41, 5.74) is 1.28. The molecular formula is C19H20BrNO4. The number of hydrogen-bond acceptors (Lipinski definition) is 4. The van der Waals surface area contributed by atoms with Crippen molar-refractivity contribution in [3.8, 4) is 5.75 Å². The molecule has 0 aliphatic rings. The summed E-state index contributed by atoms with van der Waals surface area (Å²) in [5, 5.41) is 2.87. The molecule has 0 heterocycles. The average molecular weight is 406 g/mol.